The van der Waals surface area contributed by atoms with Gasteiger partial charge in [0.05, 0.1) is 13.7 Å². The van der Waals surface area contributed by atoms with Gasteiger partial charge in [0.25, 0.3) is 0 Å². The molecule has 0 spiro atoms. The maximum absolute atomic E-state index is 5.78. The number of rotatable bonds is 8. The topological polar surface area (TPSA) is 30.5 Å². The minimum Gasteiger partial charge on any atom is -0.496 e. The molecule has 0 heterocycles. The molecule has 0 bridgehead atoms. The minimum atomic E-state index is 0.664. The van der Waals surface area contributed by atoms with Crippen LogP contribution in [0.2, 0.25) is 0 Å². The van der Waals surface area contributed by atoms with Crippen molar-refractivity contribution in [2.45, 2.75) is 44.9 Å². The molecule has 0 aromatic heterocycles. The SMILES string of the molecule is COc1ccc(CNC2CC2)cc1COCC1CC1. The monoisotopic (exact) mass is 261 g/mol. The van der Waals surface area contributed by atoms with E-state index in [9.17, 15) is 0 Å². The highest BCUT2D eigenvalue weighted by molar-refractivity contribution is 5.37. The lowest BCUT2D eigenvalue weighted by Gasteiger charge is -2.12. The molecule has 0 amide bonds. The number of hydrogen-bond acceptors (Lipinski definition) is 3. The van der Waals surface area contributed by atoms with Crippen molar-refractivity contribution in [1.82, 2.24) is 5.32 Å². The van der Waals surface area contributed by atoms with Crippen LogP contribution in [0.4, 0.5) is 0 Å². The van der Waals surface area contributed by atoms with Crippen LogP contribution in [0.15, 0.2) is 18.2 Å². The van der Waals surface area contributed by atoms with Gasteiger partial charge in [-0.1, -0.05) is 6.07 Å². The molecule has 0 atom stereocenters. The van der Waals surface area contributed by atoms with Crippen molar-refractivity contribution < 1.29 is 9.47 Å². The summed E-state index contributed by atoms with van der Waals surface area (Å²) in [6.07, 6.45) is 5.33. The van der Waals surface area contributed by atoms with Gasteiger partial charge in [0.2, 0.25) is 0 Å². The molecule has 1 aromatic rings. The largest absolute Gasteiger partial charge is 0.496 e. The zero-order valence-electron chi connectivity index (χ0n) is 11.7. The van der Waals surface area contributed by atoms with Gasteiger partial charge in [-0.05, 0) is 49.3 Å². The molecular formula is C16H23NO2. The van der Waals surface area contributed by atoms with Gasteiger partial charge in [-0.3, -0.25) is 0 Å². The zero-order chi connectivity index (χ0) is 13.1. The molecule has 2 saturated carbocycles. The van der Waals surface area contributed by atoms with E-state index >= 15 is 0 Å². The lowest BCUT2D eigenvalue weighted by atomic mass is 10.1. The summed E-state index contributed by atoms with van der Waals surface area (Å²) in [7, 11) is 1.72. The van der Waals surface area contributed by atoms with E-state index in [4.69, 9.17) is 9.47 Å². The first kappa shape index (κ1) is 12.9. The average molecular weight is 261 g/mol. The molecule has 0 saturated heterocycles. The fourth-order valence-corrected chi connectivity index (χ4v) is 2.22. The zero-order valence-corrected chi connectivity index (χ0v) is 11.7. The van der Waals surface area contributed by atoms with Crippen LogP contribution in [0, 0.1) is 5.92 Å². The third-order valence-corrected chi connectivity index (χ3v) is 3.83. The standard InChI is InChI=1S/C16H23NO2/c1-18-16-7-4-13(9-17-15-5-6-15)8-14(16)11-19-10-12-2-3-12/h4,7-8,12,15,17H,2-3,5-6,9-11H2,1H3. The Morgan fingerprint density at radius 2 is 2.05 bits per heavy atom. The van der Waals surface area contributed by atoms with E-state index in [2.05, 4.69) is 23.5 Å². The van der Waals surface area contributed by atoms with Crippen LogP contribution in [0.25, 0.3) is 0 Å². The molecule has 3 nitrogen and oxygen atoms in total. The van der Waals surface area contributed by atoms with Crippen LogP contribution in [-0.4, -0.2) is 19.8 Å². The maximum atomic E-state index is 5.78. The molecule has 19 heavy (non-hydrogen) atoms. The van der Waals surface area contributed by atoms with Crippen molar-refractivity contribution in [3.8, 4) is 5.75 Å². The normalized spacial score (nSPS) is 18.6. The molecule has 1 aromatic carbocycles. The summed E-state index contributed by atoms with van der Waals surface area (Å²) in [5.74, 6) is 1.75. The summed E-state index contributed by atoms with van der Waals surface area (Å²) < 4.78 is 11.2. The van der Waals surface area contributed by atoms with Crippen molar-refractivity contribution in [2.75, 3.05) is 13.7 Å². The van der Waals surface area contributed by atoms with E-state index in [1.54, 1.807) is 7.11 Å². The van der Waals surface area contributed by atoms with E-state index in [0.29, 0.717) is 6.61 Å². The molecule has 2 aliphatic rings. The first-order valence-corrected chi connectivity index (χ1v) is 7.32. The van der Waals surface area contributed by atoms with Crippen LogP contribution in [0.3, 0.4) is 0 Å². The van der Waals surface area contributed by atoms with E-state index in [-0.39, 0.29) is 0 Å². The molecule has 0 unspecified atom stereocenters. The third kappa shape index (κ3) is 3.95. The summed E-state index contributed by atoms with van der Waals surface area (Å²) in [6.45, 7) is 2.51. The highest BCUT2D eigenvalue weighted by Crippen LogP contribution is 2.30. The number of nitrogens with one attached hydrogen (secondary N) is 1. The fourth-order valence-electron chi connectivity index (χ4n) is 2.22. The Morgan fingerprint density at radius 3 is 2.74 bits per heavy atom. The predicted octanol–water partition coefficient (Wildman–Crippen LogP) is 2.87. The Bertz CT molecular complexity index is 425. The Balaban J connectivity index is 1.57. The first-order valence-electron chi connectivity index (χ1n) is 7.32. The molecule has 104 valence electrons. The molecule has 3 heteroatoms. The van der Waals surface area contributed by atoms with Gasteiger partial charge >= 0.3 is 0 Å². The van der Waals surface area contributed by atoms with E-state index in [1.807, 2.05) is 0 Å². The lowest BCUT2D eigenvalue weighted by Crippen LogP contribution is -2.15. The quantitative estimate of drug-likeness (QED) is 0.780. The van der Waals surface area contributed by atoms with Gasteiger partial charge < -0.3 is 14.8 Å². The van der Waals surface area contributed by atoms with Crippen LogP contribution in [0.5, 0.6) is 5.75 Å². The van der Waals surface area contributed by atoms with Crippen LogP contribution < -0.4 is 10.1 Å². The van der Waals surface area contributed by atoms with Gasteiger partial charge in [0, 0.05) is 24.8 Å². The van der Waals surface area contributed by atoms with Gasteiger partial charge in [-0.25, -0.2) is 0 Å². The summed E-state index contributed by atoms with van der Waals surface area (Å²) in [6, 6.07) is 7.15. The van der Waals surface area contributed by atoms with E-state index in [1.165, 1.54) is 36.8 Å². The highest BCUT2D eigenvalue weighted by atomic mass is 16.5. The number of benzene rings is 1. The summed E-state index contributed by atoms with van der Waals surface area (Å²) in [5.41, 5.74) is 2.48. The van der Waals surface area contributed by atoms with Gasteiger partial charge in [-0.2, -0.15) is 0 Å². The van der Waals surface area contributed by atoms with Crippen LogP contribution >= 0.6 is 0 Å². The van der Waals surface area contributed by atoms with Crippen molar-refractivity contribution in [3.63, 3.8) is 0 Å². The fraction of sp³-hybridized carbons (Fsp3) is 0.625. The van der Waals surface area contributed by atoms with E-state index < -0.39 is 0 Å². The first-order chi connectivity index (χ1) is 9.35. The Morgan fingerprint density at radius 1 is 1.21 bits per heavy atom. The van der Waals surface area contributed by atoms with Gasteiger partial charge in [-0.15, -0.1) is 0 Å². The Labute approximate surface area is 115 Å². The number of hydrogen-bond donors (Lipinski definition) is 1. The summed E-state index contributed by atoms with van der Waals surface area (Å²) in [5, 5.41) is 3.54. The maximum Gasteiger partial charge on any atom is 0.124 e. The average Bonchev–Trinajstić information content (AvgIpc) is 3.30. The molecule has 2 aliphatic carbocycles. The van der Waals surface area contributed by atoms with Crippen molar-refractivity contribution in [1.29, 1.82) is 0 Å². The summed E-state index contributed by atoms with van der Waals surface area (Å²) in [4.78, 5) is 0. The highest BCUT2D eigenvalue weighted by Gasteiger charge is 2.22. The number of ether oxygens (including phenoxy) is 2. The third-order valence-electron chi connectivity index (χ3n) is 3.83. The van der Waals surface area contributed by atoms with Crippen molar-refractivity contribution >= 4 is 0 Å². The summed E-state index contributed by atoms with van der Waals surface area (Å²) >= 11 is 0. The van der Waals surface area contributed by atoms with Gasteiger partial charge in [0.1, 0.15) is 5.75 Å². The molecule has 1 N–H and O–H groups in total. The van der Waals surface area contributed by atoms with Crippen molar-refractivity contribution in [2.24, 2.45) is 5.92 Å². The molecular weight excluding hydrogens is 238 g/mol. The number of methoxy groups -OCH3 is 1. The minimum absolute atomic E-state index is 0.664. The second-order valence-electron chi connectivity index (χ2n) is 5.76. The van der Waals surface area contributed by atoms with Crippen LogP contribution in [-0.2, 0) is 17.9 Å². The van der Waals surface area contributed by atoms with Crippen molar-refractivity contribution in [3.05, 3.63) is 29.3 Å². The molecule has 3 rings (SSSR count). The Hall–Kier alpha value is -1.06. The van der Waals surface area contributed by atoms with Crippen LogP contribution in [0.1, 0.15) is 36.8 Å². The molecule has 2 fully saturated rings. The second-order valence-corrected chi connectivity index (χ2v) is 5.76. The smallest absolute Gasteiger partial charge is 0.124 e. The Kier molecular flexibility index (Phi) is 4.04. The predicted molar refractivity (Wildman–Crippen MR) is 75.2 cm³/mol. The lowest BCUT2D eigenvalue weighted by molar-refractivity contribution is 0.109. The van der Waals surface area contributed by atoms with E-state index in [0.717, 1.165) is 30.9 Å². The molecule has 0 aliphatic heterocycles. The second kappa shape index (κ2) is 5.93. The van der Waals surface area contributed by atoms with Gasteiger partial charge in [0.15, 0.2) is 0 Å². The molecule has 0 radical (unpaired) electrons.